The SMILES string of the molecule is c1ccc(-n2c3ccccc3c3ccc(-c4nc(-n5c6ccc7c8ccccc8c8ccccc8c7c6c6ccc7ccccc7c65)nc5c4ccc4ccccc45)cc32)cc1. The number of rotatable bonds is 3. The van der Waals surface area contributed by atoms with Crippen LogP contribution in [0.2, 0.25) is 0 Å². The highest BCUT2D eigenvalue weighted by atomic mass is 15.2. The van der Waals surface area contributed by atoms with Crippen LogP contribution in [0.15, 0.2) is 206 Å². The molecule has 0 atom stereocenters. The smallest absolute Gasteiger partial charge is 0.235 e. The maximum atomic E-state index is 5.73. The largest absolute Gasteiger partial charge is 0.309 e. The van der Waals surface area contributed by atoms with E-state index in [2.05, 4.69) is 215 Å². The summed E-state index contributed by atoms with van der Waals surface area (Å²) in [6.07, 6.45) is 0. The third kappa shape index (κ3) is 4.55. The van der Waals surface area contributed by atoms with Gasteiger partial charge in [-0.2, -0.15) is 0 Å². The predicted molar refractivity (Wildman–Crippen MR) is 261 cm³/mol. The molecule has 0 aliphatic rings. The Morgan fingerprint density at radius 3 is 1.63 bits per heavy atom. The van der Waals surface area contributed by atoms with Crippen LogP contribution < -0.4 is 0 Å². The second-order valence-corrected chi connectivity index (χ2v) is 16.5. The lowest BCUT2D eigenvalue weighted by Gasteiger charge is -2.15. The van der Waals surface area contributed by atoms with Crippen LogP contribution >= 0.6 is 0 Å². The molecule has 14 aromatic rings. The molecule has 3 heterocycles. The minimum Gasteiger partial charge on any atom is -0.309 e. The highest BCUT2D eigenvalue weighted by Crippen LogP contribution is 2.45. The van der Waals surface area contributed by atoms with E-state index in [1.165, 1.54) is 64.8 Å². The molecule has 0 N–H and O–H groups in total. The summed E-state index contributed by atoms with van der Waals surface area (Å²) in [6.45, 7) is 0. The van der Waals surface area contributed by atoms with Crippen LogP contribution in [0.1, 0.15) is 0 Å². The summed E-state index contributed by atoms with van der Waals surface area (Å²) in [6, 6.07) is 74.8. The summed E-state index contributed by atoms with van der Waals surface area (Å²) in [4.78, 5) is 11.4. The molecular formula is C58H34N4. The van der Waals surface area contributed by atoms with E-state index in [1.807, 2.05) is 0 Å². The van der Waals surface area contributed by atoms with Crippen molar-refractivity contribution in [1.29, 1.82) is 0 Å². The number of aromatic nitrogens is 4. The van der Waals surface area contributed by atoms with Crippen LogP contribution in [0.4, 0.5) is 0 Å². The number of fused-ring (bicyclic) bond motifs is 18. The zero-order chi connectivity index (χ0) is 40.5. The molecule has 14 rings (SSSR count). The molecule has 4 heteroatoms. The van der Waals surface area contributed by atoms with Gasteiger partial charge in [0.15, 0.2) is 0 Å². The Morgan fingerprint density at radius 1 is 0.306 bits per heavy atom. The predicted octanol–water partition coefficient (Wildman–Crippen LogP) is 15.3. The summed E-state index contributed by atoms with van der Waals surface area (Å²) in [5.74, 6) is 0.647. The zero-order valence-electron chi connectivity index (χ0n) is 33.4. The maximum absolute atomic E-state index is 5.73. The van der Waals surface area contributed by atoms with Gasteiger partial charge in [-0.3, -0.25) is 4.57 Å². The maximum Gasteiger partial charge on any atom is 0.235 e. The van der Waals surface area contributed by atoms with E-state index in [4.69, 9.17) is 9.97 Å². The van der Waals surface area contributed by atoms with Crippen molar-refractivity contribution in [3.05, 3.63) is 206 Å². The Balaban J connectivity index is 1.15. The van der Waals surface area contributed by atoms with Gasteiger partial charge in [0.05, 0.1) is 33.3 Å². The first-order valence-electron chi connectivity index (χ1n) is 21.3. The molecule has 0 aliphatic carbocycles. The molecule has 0 fully saturated rings. The first-order valence-corrected chi connectivity index (χ1v) is 21.3. The van der Waals surface area contributed by atoms with Crippen molar-refractivity contribution >= 4 is 108 Å². The fourth-order valence-electron chi connectivity index (χ4n) is 10.6. The van der Waals surface area contributed by atoms with Crippen molar-refractivity contribution in [2.24, 2.45) is 0 Å². The highest BCUT2D eigenvalue weighted by Gasteiger charge is 2.24. The van der Waals surface area contributed by atoms with E-state index >= 15 is 0 Å². The van der Waals surface area contributed by atoms with Gasteiger partial charge in [0, 0.05) is 54.3 Å². The van der Waals surface area contributed by atoms with Gasteiger partial charge in [-0.1, -0.05) is 170 Å². The van der Waals surface area contributed by atoms with E-state index in [9.17, 15) is 0 Å². The summed E-state index contributed by atoms with van der Waals surface area (Å²) >= 11 is 0. The first kappa shape index (κ1) is 33.5. The molecule has 0 aliphatic heterocycles. The van der Waals surface area contributed by atoms with E-state index in [0.29, 0.717) is 5.95 Å². The molecule has 286 valence electrons. The summed E-state index contributed by atoms with van der Waals surface area (Å²) < 4.78 is 4.73. The van der Waals surface area contributed by atoms with E-state index in [-0.39, 0.29) is 0 Å². The van der Waals surface area contributed by atoms with Gasteiger partial charge in [-0.05, 0) is 74.1 Å². The monoisotopic (exact) mass is 786 g/mol. The lowest BCUT2D eigenvalue weighted by atomic mass is 9.91. The Morgan fingerprint density at radius 2 is 0.855 bits per heavy atom. The van der Waals surface area contributed by atoms with Crippen LogP contribution in [0, 0.1) is 0 Å². The summed E-state index contributed by atoms with van der Waals surface area (Å²) in [5, 5.41) is 17.9. The summed E-state index contributed by atoms with van der Waals surface area (Å²) in [7, 11) is 0. The highest BCUT2D eigenvalue weighted by molar-refractivity contribution is 6.36. The van der Waals surface area contributed by atoms with Crippen molar-refractivity contribution in [2.45, 2.75) is 0 Å². The van der Waals surface area contributed by atoms with Crippen LogP contribution in [-0.2, 0) is 0 Å². The van der Waals surface area contributed by atoms with Gasteiger partial charge < -0.3 is 4.57 Å². The quantitative estimate of drug-likeness (QED) is 0.167. The number of para-hydroxylation sites is 2. The average molecular weight is 787 g/mol. The number of hydrogen-bond acceptors (Lipinski definition) is 2. The second-order valence-electron chi connectivity index (χ2n) is 16.5. The molecule has 0 amide bonds. The minimum atomic E-state index is 0.647. The lowest BCUT2D eigenvalue weighted by Crippen LogP contribution is -2.04. The van der Waals surface area contributed by atoms with Crippen molar-refractivity contribution in [1.82, 2.24) is 19.1 Å². The van der Waals surface area contributed by atoms with E-state index in [1.54, 1.807) is 0 Å². The average Bonchev–Trinajstić information content (AvgIpc) is 3.87. The molecule has 0 radical (unpaired) electrons. The van der Waals surface area contributed by atoms with Crippen molar-refractivity contribution < 1.29 is 0 Å². The van der Waals surface area contributed by atoms with Crippen molar-refractivity contribution in [2.75, 3.05) is 0 Å². The molecule has 0 unspecified atom stereocenters. The van der Waals surface area contributed by atoms with Crippen LogP contribution in [0.3, 0.4) is 0 Å². The van der Waals surface area contributed by atoms with E-state index in [0.717, 1.165) is 60.6 Å². The molecule has 0 bridgehead atoms. The molecular weight excluding hydrogens is 753 g/mol. The van der Waals surface area contributed by atoms with Gasteiger partial charge in [-0.25, -0.2) is 9.97 Å². The fourth-order valence-corrected chi connectivity index (χ4v) is 10.6. The molecule has 11 aromatic carbocycles. The van der Waals surface area contributed by atoms with Crippen LogP contribution in [0.5, 0.6) is 0 Å². The Hall–Kier alpha value is -8.34. The van der Waals surface area contributed by atoms with Gasteiger partial charge in [0.2, 0.25) is 5.95 Å². The molecule has 0 spiro atoms. The van der Waals surface area contributed by atoms with Crippen LogP contribution in [-0.4, -0.2) is 19.1 Å². The normalized spacial score (nSPS) is 12.2. The molecule has 0 saturated heterocycles. The molecule has 4 nitrogen and oxygen atoms in total. The Labute approximate surface area is 355 Å². The third-order valence-electron chi connectivity index (χ3n) is 13.3. The zero-order valence-corrected chi connectivity index (χ0v) is 33.4. The third-order valence-corrected chi connectivity index (χ3v) is 13.3. The van der Waals surface area contributed by atoms with Crippen LogP contribution in [0.25, 0.3) is 131 Å². The minimum absolute atomic E-state index is 0.647. The Kier molecular flexibility index (Phi) is 6.80. The topological polar surface area (TPSA) is 35.6 Å². The number of benzene rings is 11. The lowest BCUT2D eigenvalue weighted by molar-refractivity contribution is 1.02. The molecule has 3 aromatic heterocycles. The van der Waals surface area contributed by atoms with Gasteiger partial charge in [0.1, 0.15) is 0 Å². The van der Waals surface area contributed by atoms with Gasteiger partial charge >= 0.3 is 0 Å². The number of nitrogens with zero attached hydrogens (tertiary/aromatic N) is 4. The standard InChI is InChI=1S/C58H34N4/c1-2-16-38(17-3-1)61-50-25-13-12-23-44(50)45-29-28-37(34-52(45)61)55-49-31-27-35-14-4-6-18-39(35)56(49)60-58(59-55)62-51-33-32-47-43-22-9-8-20-41(43)42-21-10-11-24-46(42)53(47)54(51)48-30-26-36-15-5-7-19-40(36)57(48)62/h1-34H. The molecule has 0 saturated carbocycles. The van der Waals surface area contributed by atoms with Crippen molar-refractivity contribution in [3.63, 3.8) is 0 Å². The van der Waals surface area contributed by atoms with Gasteiger partial charge in [-0.15, -0.1) is 0 Å². The first-order chi connectivity index (χ1) is 30.8. The second kappa shape index (κ2) is 12.6. The molecule has 62 heavy (non-hydrogen) atoms. The summed E-state index contributed by atoms with van der Waals surface area (Å²) in [5.41, 5.74) is 8.48. The Bertz CT molecular complexity index is 4180. The fraction of sp³-hybridized carbons (Fsp3) is 0. The van der Waals surface area contributed by atoms with Crippen molar-refractivity contribution in [3.8, 4) is 22.9 Å². The van der Waals surface area contributed by atoms with Gasteiger partial charge in [0.25, 0.3) is 0 Å². The number of hydrogen-bond donors (Lipinski definition) is 0. The van der Waals surface area contributed by atoms with E-state index < -0.39 is 0 Å².